The molecule has 2 aromatic carbocycles. The summed E-state index contributed by atoms with van der Waals surface area (Å²) in [5.41, 5.74) is 3.77. The number of aromatic nitrogens is 1. The van der Waals surface area contributed by atoms with Gasteiger partial charge in [0, 0.05) is 35.6 Å². The quantitative estimate of drug-likeness (QED) is 0.444. The molecule has 192 valence electrons. The van der Waals surface area contributed by atoms with E-state index in [1.807, 2.05) is 58.0 Å². The normalized spacial score (nSPS) is 23.4. The summed E-state index contributed by atoms with van der Waals surface area (Å²) in [5.74, 6) is -4.69. The number of carbonyl (C=O) groups excluding carboxylic acids is 3. The molecule has 37 heavy (non-hydrogen) atoms. The molecule has 1 aliphatic carbocycles. The SMILES string of the molecule is Cc1ccc(NC(=O)[C@@H]2C(=O)C[C@](C)(O)[C@@H](C(=O)Nc3ccc(C)cc3C)[C@@H]2c2ccccn2)c(C)c1. The van der Waals surface area contributed by atoms with Crippen molar-refractivity contribution in [3.05, 3.63) is 88.7 Å². The summed E-state index contributed by atoms with van der Waals surface area (Å²) in [4.78, 5) is 45.3. The topological polar surface area (TPSA) is 108 Å². The second-order valence-corrected chi connectivity index (χ2v) is 10.4. The zero-order valence-electron chi connectivity index (χ0n) is 21.8. The van der Waals surface area contributed by atoms with E-state index in [-0.39, 0.29) is 6.42 Å². The van der Waals surface area contributed by atoms with Crippen molar-refractivity contribution in [3.8, 4) is 0 Å². The van der Waals surface area contributed by atoms with Crippen molar-refractivity contribution in [3.63, 3.8) is 0 Å². The van der Waals surface area contributed by atoms with Gasteiger partial charge < -0.3 is 15.7 Å². The molecule has 1 fully saturated rings. The molecule has 0 saturated heterocycles. The van der Waals surface area contributed by atoms with E-state index in [4.69, 9.17) is 0 Å². The van der Waals surface area contributed by atoms with E-state index < -0.39 is 41.0 Å². The fourth-order valence-corrected chi connectivity index (χ4v) is 5.35. The number of nitrogens with one attached hydrogen (secondary N) is 2. The first kappa shape index (κ1) is 26.2. The van der Waals surface area contributed by atoms with Gasteiger partial charge in [-0.3, -0.25) is 19.4 Å². The highest BCUT2D eigenvalue weighted by atomic mass is 16.3. The smallest absolute Gasteiger partial charge is 0.235 e. The van der Waals surface area contributed by atoms with Crippen molar-refractivity contribution in [2.75, 3.05) is 10.6 Å². The third-order valence-corrected chi connectivity index (χ3v) is 7.14. The molecule has 0 radical (unpaired) electrons. The van der Waals surface area contributed by atoms with Gasteiger partial charge in [0.05, 0.1) is 11.5 Å². The molecular formula is C30H33N3O4. The fourth-order valence-electron chi connectivity index (χ4n) is 5.35. The number of hydrogen-bond acceptors (Lipinski definition) is 5. The molecule has 0 unspecified atom stereocenters. The van der Waals surface area contributed by atoms with Crippen LogP contribution in [-0.2, 0) is 14.4 Å². The lowest BCUT2D eigenvalue weighted by Crippen LogP contribution is -2.56. The number of anilines is 2. The number of nitrogens with zero attached hydrogens (tertiary/aromatic N) is 1. The summed E-state index contributed by atoms with van der Waals surface area (Å²) < 4.78 is 0. The highest BCUT2D eigenvalue weighted by Crippen LogP contribution is 2.46. The molecule has 3 aromatic rings. The average Bonchev–Trinajstić information content (AvgIpc) is 2.82. The Labute approximate surface area is 217 Å². The van der Waals surface area contributed by atoms with Crippen molar-refractivity contribution in [2.45, 2.75) is 52.6 Å². The Hall–Kier alpha value is -3.84. The van der Waals surface area contributed by atoms with Gasteiger partial charge in [0.2, 0.25) is 11.8 Å². The molecule has 1 heterocycles. The predicted molar refractivity (Wildman–Crippen MR) is 143 cm³/mol. The van der Waals surface area contributed by atoms with Crippen molar-refractivity contribution < 1.29 is 19.5 Å². The molecule has 2 amide bonds. The van der Waals surface area contributed by atoms with Crippen LogP contribution in [0.3, 0.4) is 0 Å². The van der Waals surface area contributed by atoms with Crippen LogP contribution in [0.1, 0.15) is 47.2 Å². The summed E-state index contributed by atoms with van der Waals surface area (Å²) in [6, 6.07) is 16.4. The van der Waals surface area contributed by atoms with Crippen LogP contribution in [0.15, 0.2) is 60.8 Å². The molecule has 7 heteroatoms. The number of amides is 2. The number of aryl methyl sites for hydroxylation is 4. The Bertz CT molecular complexity index is 1350. The molecule has 4 rings (SSSR count). The standard InChI is InChI=1S/C30H33N3O4/c1-17-9-11-21(19(3)14-17)32-28(35)26-24(34)16-30(5,37)27(25(26)23-8-6-7-13-31-23)29(36)33-22-12-10-18(2)15-20(22)4/h6-15,25-27,37H,16H2,1-5H3,(H,32,35)(H,33,36)/t25-,26-,27-,30+/m1/s1. The average molecular weight is 500 g/mol. The molecule has 1 saturated carbocycles. The lowest BCUT2D eigenvalue weighted by molar-refractivity contribution is -0.151. The van der Waals surface area contributed by atoms with Gasteiger partial charge >= 0.3 is 0 Å². The Balaban J connectivity index is 1.75. The Morgan fingerprint density at radius 3 is 1.97 bits per heavy atom. The minimum Gasteiger partial charge on any atom is -0.389 e. The van der Waals surface area contributed by atoms with Gasteiger partial charge in [0.25, 0.3) is 0 Å². The Morgan fingerprint density at radius 2 is 1.46 bits per heavy atom. The van der Waals surface area contributed by atoms with Gasteiger partial charge in [-0.15, -0.1) is 0 Å². The van der Waals surface area contributed by atoms with Crippen molar-refractivity contribution in [2.24, 2.45) is 11.8 Å². The van der Waals surface area contributed by atoms with Gasteiger partial charge in [0.15, 0.2) is 0 Å². The maximum atomic E-state index is 13.8. The molecule has 0 aliphatic heterocycles. The third-order valence-electron chi connectivity index (χ3n) is 7.14. The summed E-state index contributed by atoms with van der Waals surface area (Å²) in [6.45, 7) is 9.17. The van der Waals surface area contributed by atoms with E-state index in [2.05, 4.69) is 15.6 Å². The number of carbonyl (C=O) groups is 3. The number of hydrogen-bond donors (Lipinski definition) is 3. The number of Topliss-reactive ketones (excluding diaryl/α,β-unsaturated/α-hetero) is 1. The first-order valence-corrected chi connectivity index (χ1v) is 12.4. The van der Waals surface area contributed by atoms with E-state index in [0.29, 0.717) is 17.1 Å². The van der Waals surface area contributed by atoms with Crippen LogP contribution in [0.25, 0.3) is 0 Å². The van der Waals surface area contributed by atoms with Gasteiger partial charge in [-0.2, -0.15) is 0 Å². The maximum Gasteiger partial charge on any atom is 0.235 e. The van der Waals surface area contributed by atoms with Crippen molar-refractivity contribution in [1.29, 1.82) is 0 Å². The van der Waals surface area contributed by atoms with E-state index in [1.165, 1.54) is 6.92 Å². The van der Waals surface area contributed by atoms with Crippen LogP contribution in [0.4, 0.5) is 11.4 Å². The monoisotopic (exact) mass is 499 g/mol. The highest BCUT2D eigenvalue weighted by Gasteiger charge is 2.56. The van der Waals surface area contributed by atoms with E-state index in [0.717, 1.165) is 22.3 Å². The van der Waals surface area contributed by atoms with Crippen LogP contribution in [-0.4, -0.2) is 33.3 Å². The number of pyridine rings is 1. The van der Waals surface area contributed by atoms with Crippen LogP contribution in [0.5, 0.6) is 0 Å². The lowest BCUT2D eigenvalue weighted by atomic mass is 9.62. The largest absolute Gasteiger partial charge is 0.389 e. The van der Waals surface area contributed by atoms with Crippen LogP contribution < -0.4 is 10.6 Å². The third kappa shape index (κ3) is 5.47. The van der Waals surface area contributed by atoms with Crippen LogP contribution >= 0.6 is 0 Å². The summed E-state index contributed by atoms with van der Waals surface area (Å²) in [6.07, 6.45) is 1.23. The number of benzene rings is 2. The molecule has 0 spiro atoms. The molecule has 3 N–H and O–H groups in total. The van der Waals surface area contributed by atoms with Crippen LogP contribution in [0, 0.1) is 39.5 Å². The zero-order valence-corrected chi connectivity index (χ0v) is 21.8. The Morgan fingerprint density at radius 1 is 0.892 bits per heavy atom. The number of rotatable bonds is 5. The van der Waals surface area contributed by atoms with Crippen molar-refractivity contribution in [1.82, 2.24) is 4.98 Å². The lowest BCUT2D eigenvalue weighted by Gasteiger charge is -2.44. The van der Waals surface area contributed by atoms with E-state index >= 15 is 0 Å². The number of aliphatic hydroxyl groups is 1. The van der Waals surface area contributed by atoms with Gasteiger partial charge in [0.1, 0.15) is 11.7 Å². The van der Waals surface area contributed by atoms with E-state index in [1.54, 1.807) is 30.5 Å². The van der Waals surface area contributed by atoms with Crippen LogP contribution in [0.2, 0.25) is 0 Å². The van der Waals surface area contributed by atoms with Gasteiger partial charge in [-0.05, 0) is 70.0 Å². The maximum absolute atomic E-state index is 13.8. The molecule has 0 bridgehead atoms. The second kappa shape index (κ2) is 10.3. The van der Waals surface area contributed by atoms with Crippen molar-refractivity contribution >= 4 is 29.0 Å². The van der Waals surface area contributed by atoms with Gasteiger partial charge in [-0.25, -0.2) is 0 Å². The predicted octanol–water partition coefficient (Wildman–Crippen LogP) is 4.63. The summed E-state index contributed by atoms with van der Waals surface area (Å²) in [7, 11) is 0. The minimum absolute atomic E-state index is 0.327. The first-order chi connectivity index (χ1) is 17.5. The molecule has 1 aromatic heterocycles. The fraction of sp³-hybridized carbons (Fsp3) is 0.333. The summed E-state index contributed by atoms with van der Waals surface area (Å²) >= 11 is 0. The minimum atomic E-state index is -1.68. The molecule has 4 atom stereocenters. The molecular weight excluding hydrogens is 466 g/mol. The van der Waals surface area contributed by atoms with E-state index in [9.17, 15) is 19.5 Å². The molecule has 7 nitrogen and oxygen atoms in total. The number of ketones is 1. The zero-order chi connectivity index (χ0) is 26.9. The first-order valence-electron chi connectivity index (χ1n) is 12.4. The summed E-state index contributed by atoms with van der Waals surface area (Å²) in [5, 5.41) is 17.2. The Kier molecular flexibility index (Phi) is 7.28. The second-order valence-electron chi connectivity index (χ2n) is 10.4. The highest BCUT2D eigenvalue weighted by molar-refractivity contribution is 6.10. The van der Waals surface area contributed by atoms with Gasteiger partial charge in [-0.1, -0.05) is 41.5 Å². The molecule has 1 aliphatic rings.